The first-order valence-electron chi connectivity index (χ1n) is 6.69. The van der Waals surface area contributed by atoms with Gasteiger partial charge in [-0.15, -0.1) is 5.10 Å². The van der Waals surface area contributed by atoms with E-state index in [4.69, 9.17) is 4.74 Å². The van der Waals surface area contributed by atoms with Crippen molar-refractivity contribution in [2.75, 3.05) is 13.7 Å². The van der Waals surface area contributed by atoms with Crippen molar-refractivity contribution in [3.63, 3.8) is 0 Å². The largest absolute Gasteiger partial charge is 0.497 e. The summed E-state index contributed by atoms with van der Waals surface area (Å²) in [6.45, 7) is 2.12. The van der Waals surface area contributed by atoms with E-state index < -0.39 is 11.8 Å². The summed E-state index contributed by atoms with van der Waals surface area (Å²) in [5.41, 5.74) is 1.32. The lowest BCUT2D eigenvalue weighted by molar-refractivity contribution is -0.140. The third-order valence-electron chi connectivity index (χ3n) is 2.88. The molecular weight excluding hydrogens is 289 g/mol. The van der Waals surface area contributed by atoms with E-state index in [1.165, 1.54) is 10.9 Å². The summed E-state index contributed by atoms with van der Waals surface area (Å²) in [5, 5.41) is 7.62. The minimum Gasteiger partial charge on any atom is -0.497 e. The van der Waals surface area contributed by atoms with E-state index in [0.717, 1.165) is 17.4 Å². The Morgan fingerprint density at radius 3 is 2.73 bits per heavy atom. The van der Waals surface area contributed by atoms with E-state index in [1.807, 2.05) is 24.3 Å². The molecule has 7 heteroatoms. The number of nitrogens with zero attached hydrogens (tertiary/aromatic N) is 3. The molecule has 1 heterocycles. The van der Waals surface area contributed by atoms with Gasteiger partial charge >= 0.3 is 5.97 Å². The number of esters is 1. The second kappa shape index (κ2) is 7.35. The van der Waals surface area contributed by atoms with Crippen LogP contribution < -0.4 is 4.74 Å². The van der Waals surface area contributed by atoms with Crippen LogP contribution in [0.1, 0.15) is 18.2 Å². The van der Waals surface area contributed by atoms with Gasteiger partial charge in [0.05, 0.1) is 32.2 Å². The molecule has 116 valence electrons. The number of methoxy groups -OCH3 is 1. The van der Waals surface area contributed by atoms with E-state index in [2.05, 4.69) is 15.0 Å². The predicted molar refractivity (Wildman–Crippen MR) is 77.8 cm³/mol. The molecule has 0 saturated carbocycles. The second-order valence-electron chi connectivity index (χ2n) is 4.38. The Kier molecular flexibility index (Phi) is 5.24. The molecule has 1 aromatic heterocycles. The van der Waals surface area contributed by atoms with Crippen LogP contribution in [0.15, 0.2) is 36.3 Å². The molecule has 0 aliphatic carbocycles. The highest BCUT2D eigenvalue weighted by molar-refractivity contribution is 5.90. The Balaban J connectivity index is 2.15. The molecule has 22 heavy (non-hydrogen) atoms. The van der Waals surface area contributed by atoms with Gasteiger partial charge < -0.3 is 9.47 Å². The van der Waals surface area contributed by atoms with Gasteiger partial charge in [0.25, 0.3) is 0 Å². The van der Waals surface area contributed by atoms with Gasteiger partial charge in [0.15, 0.2) is 0 Å². The number of benzene rings is 1. The summed E-state index contributed by atoms with van der Waals surface area (Å²) >= 11 is 0. The summed E-state index contributed by atoms with van der Waals surface area (Å²) < 4.78 is 24.8. The molecule has 0 fully saturated rings. The fourth-order valence-electron chi connectivity index (χ4n) is 1.79. The molecule has 2 rings (SSSR count). The van der Waals surface area contributed by atoms with E-state index >= 15 is 0 Å². The van der Waals surface area contributed by atoms with Crippen LogP contribution in [0.3, 0.4) is 0 Å². The molecule has 0 aliphatic heterocycles. The summed E-state index contributed by atoms with van der Waals surface area (Å²) in [6.07, 6.45) is 2.43. The van der Waals surface area contributed by atoms with E-state index in [-0.39, 0.29) is 6.61 Å². The van der Waals surface area contributed by atoms with E-state index in [9.17, 15) is 9.18 Å². The maximum Gasteiger partial charge on any atom is 0.367 e. The normalized spacial score (nSPS) is 11.3. The Bertz CT molecular complexity index is 665. The van der Waals surface area contributed by atoms with Crippen LogP contribution in [0, 0.1) is 0 Å². The zero-order valence-electron chi connectivity index (χ0n) is 12.3. The summed E-state index contributed by atoms with van der Waals surface area (Å²) in [6, 6.07) is 7.38. The highest BCUT2D eigenvalue weighted by Crippen LogP contribution is 2.14. The third-order valence-corrected chi connectivity index (χ3v) is 2.88. The fraction of sp³-hybridized carbons (Fsp3) is 0.267. The van der Waals surface area contributed by atoms with Gasteiger partial charge in [-0.2, -0.15) is 4.39 Å². The molecule has 0 bridgehead atoms. The van der Waals surface area contributed by atoms with Crippen LogP contribution in [-0.4, -0.2) is 34.7 Å². The summed E-state index contributed by atoms with van der Waals surface area (Å²) in [7, 11) is 1.59. The molecule has 0 aliphatic rings. The highest BCUT2D eigenvalue weighted by Gasteiger charge is 2.12. The van der Waals surface area contributed by atoms with Crippen molar-refractivity contribution in [2.24, 2.45) is 0 Å². The second-order valence-corrected chi connectivity index (χ2v) is 4.38. The smallest absolute Gasteiger partial charge is 0.367 e. The number of carbonyl (C=O) groups excluding carboxylic acids is 1. The van der Waals surface area contributed by atoms with Crippen molar-refractivity contribution in [2.45, 2.75) is 13.5 Å². The van der Waals surface area contributed by atoms with Crippen molar-refractivity contribution in [1.29, 1.82) is 0 Å². The highest BCUT2D eigenvalue weighted by atomic mass is 19.1. The molecule has 0 unspecified atom stereocenters. The third kappa shape index (κ3) is 3.91. The van der Waals surface area contributed by atoms with Gasteiger partial charge in [0.1, 0.15) is 5.75 Å². The van der Waals surface area contributed by atoms with Gasteiger partial charge in [-0.1, -0.05) is 17.3 Å². The Morgan fingerprint density at radius 2 is 2.09 bits per heavy atom. The maximum atomic E-state index is 13.7. The zero-order chi connectivity index (χ0) is 15.9. The number of aromatic nitrogens is 3. The summed E-state index contributed by atoms with van der Waals surface area (Å²) in [5.74, 6) is -1.24. The predicted octanol–water partition coefficient (Wildman–Crippen LogP) is 2.21. The summed E-state index contributed by atoms with van der Waals surface area (Å²) in [4.78, 5) is 11.3. The molecule has 0 atom stereocenters. The van der Waals surface area contributed by atoms with Crippen LogP contribution in [0.4, 0.5) is 4.39 Å². The fourth-order valence-corrected chi connectivity index (χ4v) is 1.79. The van der Waals surface area contributed by atoms with Crippen LogP contribution in [0.2, 0.25) is 0 Å². The monoisotopic (exact) mass is 305 g/mol. The van der Waals surface area contributed by atoms with E-state index in [1.54, 1.807) is 14.0 Å². The van der Waals surface area contributed by atoms with Crippen molar-refractivity contribution < 1.29 is 18.7 Å². The molecule has 1 aromatic carbocycles. The molecule has 0 radical (unpaired) electrons. The first-order valence-corrected chi connectivity index (χ1v) is 6.69. The average molecular weight is 305 g/mol. The van der Waals surface area contributed by atoms with Gasteiger partial charge in [-0.3, -0.25) is 0 Å². The topological polar surface area (TPSA) is 66.2 Å². The van der Waals surface area contributed by atoms with Gasteiger partial charge in [-0.25, -0.2) is 9.48 Å². The average Bonchev–Trinajstić information content (AvgIpc) is 2.95. The number of hydrogen-bond donors (Lipinski definition) is 0. The van der Waals surface area contributed by atoms with Crippen molar-refractivity contribution in [3.05, 3.63) is 47.5 Å². The number of carbonyl (C=O) groups is 1. The molecule has 0 N–H and O–H groups in total. The lowest BCUT2D eigenvalue weighted by Crippen LogP contribution is -2.07. The number of hydrogen-bond acceptors (Lipinski definition) is 5. The van der Waals surface area contributed by atoms with Crippen molar-refractivity contribution in [1.82, 2.24) is 15.0 Å². The SMILES string of the molecule is CCOC(=O)/C(F)=C/c1cnnn1Cc1ccc(OC)cc1. The van der Waals surface area contributed by atoms with Crippen LogP contribution in [0.5, 0.6) is 5.75 Å². The Morgan fingerprint density at radius 1 is 1.36 bits per heavy atom. The van der Waals surface area contributed by atoms with Gasteiger partial charge in [0.2, 0.25) is 5.83 Å². The van der Waals surface area contributed by atoms with Crippen molar-refractivity contribution in [3.8, 4) is 5.75 Å². The van der Waals surface area contributed by atoms with Crippen LogP contribution in [-0.2, 0) is 16.1 Å². The first kappa shape index (κ1) is 15.7. The first-order chi connectivity index (χ1) is 10.6. The molecule has 0 spiro atoms. The number of ether oxygens (including phenoxy) is 2. The quantitative estimate of drug-likeness (QED) is 0.604. The Hall–Kier alpha value is -2.70. The van der Waals surface area contributed by atoms with Crippen molar-refractivity contribution >= 4 is 12.0 Å². The lowest BCUT2D eigenvalue weighted by Gasteiger charge is -2.05. The maximum absolute atomic E-state index is 13.7. The number of rotatable bonds is 6. The minimum absolute atomic E-state index is 0.115. The molecule has 0 amide bonds. The molecule has 0 saturated heterocycles. The Labute approximate surface area is 127 Å². The zero-order valence-corrected chi connectivity index (χ0v) is 12.3. The minimum atomic E-state index is -1.00. The van der Waals surface area contributed by atoms with Gasteiger partial charge in [-0.05, 0) is 24.6 Å². The van der Waals surface area contributed by atoms with Gasteiger partial charge in [0, 0.05) is 6.08 Å². The van der Waals surface area contributed by atoms with Crippen LogP contribution in [0.25, 0.3) is 6.08 Å². The molecule has 2 aromatic rings. The standard InChI is InChI=1S/C15H16FN3O3/c1-3-22-15(20)14(16)8-12-9-17-18-19(12)10-11-4-6-13(21-2)7-5-11/h4-9H,3,10H2,1-2H3/b14-8-. The molecule has 6 nitrogen and oxygen atoms in total. The molecular formula is C15H16FN3O3. The van der Waals surface area contributed by atoms with Crippen LogP contribution >= 0.6 is 0 Å². The number of halogens is 1. The van der Waals surface area contributed by atoms with E-state index in [0.29, 0.717) is 12.2 Å². The lowest BCUT2D eigenvalue weighted by atomic mass is 10.2.